The Kier molecular flexibility index (Phi) is 6.68. The van der Waals surface area contributed by atoms with E-state index in [2.05, 4.69) is 30.3 Å². The van der Waals surface area contributed by atoms with Crippen molar-refractivity contribution in [2.75, 3.05) is 0 Å². The van der Waals surface area contributed by atoms with Crippen molar-refractivity contribution in [1.29, 1.82) is 0 Å². The van der Waals surface area contributed by atoms with Crippen LogP contribution in [0.3, 0.4) is 0 Å². The lowest BCUT2D eigenvalue weighted by Gasteiger charge is -2.19. The molecule has 0 saturated carbocycles. The van der Waals surface area contributed by atoms with E-state index in [0.717, 1.165) is 18.4 Å². The summed E-state index contributed by atoms with van der Waals surface area (Å²) in [5.74, 6) is 0.702. The van der Waals surface area contributed by atoms with E-state index >= 15 is 0 Å². The van der Waals surface area contributed by atoms with Crippen LogP contribution >= 0.6 is 0 Å². The van der Waals surface area contributed by atoms with Crippen molar-refractivity contribution in [3.63, 3.8) is 0 Å². The third-order valence-corrected chi connectivity index (χ3v) is 5.78. The molecule has 0 fully saturated rings. The molecule has 0 spiro atoms. The van der Waals surface area contributed by atoms with Gasteiger partial charge in [-0.2, -0.15) is 0 Å². The van der Waals surface area contributed by atoms with Crippen LogP contribution in [0.25, 0.3) is 11.1 Å². The fourth-order valence-electron chi connectivity index (χ4n) is 4.18. The fourth-order valence-corrected chi connectivity index (χ4v) is 4.18. The van der Waals surface area contributed by atoms with Crippen molar-refractivity contribution >= 4 is 0 Å². The summed E-state index contributed by atoms with van der Waals surface area (Å²) >= 11 is 0. The third kappa shape index (κ3) is 5.35. The number of fused-ring (bicyclic) bond motifs is 1. The van der Waals surface area contributed by atoms with Crippen LogP contribution in [0, 0.1) is 0 Å². The van der Waals surface area contributed by atoms with E-state index in [4.69, 9.17) is 5.11 Å². The number of phenols is 2. The van der Waals surface area contributed by atoms with Gasteiger partial charge in [0.15, 0.2) is 0 Å². The van der Waals surface area contributed by atoms with E-state index < -0.39 is 0 Å². The van der Waals surface area contributed by atoms with Crippen molar-refractivity contribution < 1.29 is 10.2 Å². The Morgan fingerprint density at radius 3 is 1.97 bits per heavy atom. The lowest BCUT2D eigenvalue weighted by molar-refractivity contribution is 0.475. The maximum absolute atomic E-state index is 9.97. The zero-order valence-electron chi connectivity index (χ0n) is 17.7. The van der Waals surface area contributed by atoms with E-state index in [1.54, 1.807) is 18.2 Å². The molecule has 156 valence electrons. The molecule has 31 heavy (non-hydrogen) atoms. The lowest BCUT2D eigenvalue weighted by atomic mass is 9.86. The Hall–Kier alpha value is -3.52. The Morgan fingerprint density at radius 2 is 1.19 bits per heavy atom. The summed E-state index contributed by atoms with van der Waals surface area (Å²) in [5.41, 5.74) is 7.57. The van der Waals surface area contributed by atoms with Crippen molar-refractivity contribution in [1.82, 2.24) is 0 Å². The second kappa shape index (κ2) is 9.99. The molecular formula is C29H28O2. The first-order valence-electron chi connectivity index (χ1n) is 10.9. The summed E-state index contributed by atoms with van der Waals surface area (Å²) in [7, 11) is 0. The molecule has 0 amide bonds. The molecule has 2 nitrogen and oxygen atoms in total. The summed E-state index contributed by atoms with van der Waals surface area (Å²) in [6.45, 7) is 0. The van der Waals surface area contributed by atoms with Gasteiger partial charge < -0.3 is 10.2 Å². The number of para-hydroxylation sites is 1. The monoisotopic (exact) mass is 408 g/mol. The first kappa shape index (κ1) is 20.7. The molecule has 5 rings (SSSR count). The minimum Gasteiger partial charge on any atom is -0.508 e. The van der Waals surface area contributed by atoms with Crippen LogP contribution in [-0.4, -0.2) is 10.2 Å². The van der Waals surface area contributed by atoms with Gasteiger partial charge in [0.2, 0.25) is 0 Å². The van der Waals surface area contributed by atoms with Gasteiger partial charge in [-0.15, -0.1) is 0 Å². The highest BCUT2D eigenvalue weighted by Crippen LogP contribution is 2.35. The molecule has 2 N–H and O–H groups in total. The van der Waals surface area contributed by atoms with Gasteiger partial charge >= 0.3 is 0 Å². The molecule has 4 aromatic carbocycles. The highest BCUT2D eigenvalue weighted by molar-refractivity contribution is 5.74. The summed E-state index contributed by atoms with van der Waals surface area (Å²) < 4.78 is 0. The van der Waals surface area contributed by atoms with E-state index in [1.807, 2.05) is 48.5 Å². The quantitative estimate of drug-likeness (QED) is 0.386. The normalized spacial score (nSPS) is 12.4. The largest absolute Gasteiger partial charge is 0.508 e. The number of aromatic hydroxyl groups is 2. The van der Waals surface area contributed by atoms with Crippen molar-refractivity contribution in [2.45, 2.75) is 32.1 Å². The first-order chi connectivity index (χ1) is 15.2. The predicted octanol–water partition coefficient (Wildman–Crippen LogP) is 6.92. The summed E-state index contributed by atoms with van der Waals surface area (Å²) in [5, 5.41) is 19.1. The molecule has 0 atom stereocenters. The molecule has 0 radical (unpaired) electrons. The van der Waals surface area contributed by atoms with Crippen LogP contribution in [-0.2, 0) is 19.3 Å². The first-order valence-corrected chi connectivity index (χ1v) is 10.9. The number of aryl methyl sites for hydroxylation is 1. The molecule has 0 aliphatic heterocycles. The SMILES string of the molecule is Oc1ccc(Cc2ccccc2)cc1.Oc1ccccc1-c1cccc2c1CCCC2. The van der Waals surface area contributed by atoms with Crippen LogP contribution < -0.4 is 0 Å². The average Bonchev–Trinajstić information content (AvgIpc) is 2.82. The average molecular weight is 409 g/mol. The van der Waals surface area contributed by atoms with Gasteiger partial charge in [0, 0.05) is 5.56 Å². The molecule has 1 aliphatic rings. The second-order valence-corrected chi connectivity index (χ2v) is 8.00. The predicted molar refractivity (Wildman–Crippen MR) is 128 cm³/mol. The molecule has 0 unspecified atom stereocenters. The van der Waals surface area contributed by atoms with Gasteiger partial charge in [-0.05, 0) is 78.1 Å². The number of benzene rings is 4. The maximum Gasteiger partial charge on any atom is 0.123 e. The molecule has 0 bridgehead atoms. The summed E-state index contributed by atoms with van der Waals surface area (Å²) in [6, 6.07) is 31.7. The molecular weight excluding hydrogens is 380 g/mol. The third-order valence-electron chi connectivity index (χ3n) is 5.78. The van der Waals surface area contributed by atoms with Crippen molar-refractivity contribution in [3.8, 4) is 22.6 Å². The van der Waals surface area contributed by atoms with Crippen LogP contribution in [0.2, 0.25) is 0 Å². The van der Waals surface area contributed by atoms with Gasteiger partial charge in [0.05, 0.1) is 0 Å². The Bertz CT molecular complexity index is 1120. The zero-order valence-corrected chi connectivity index (χ0v) is 17.7. The van der Waals surface area contributed by atoms with Crippen LogP contribution in [0.5, 0.6) is 11.5 Å². The Labute approximate surface area is 184 Å². The van der Waals surface area contributed by atoms with Crippen LogP contribution in [0.15, 0.2) is 97.1 Å². The number of hydrogen-bond donors (Lipinski definition) is 2. The Morgan fingerprint density at radius 1 is 0.548 bits per heavy atom. The summed E-state index contributed by atoms with van der Waals surface area (Å²) in [6.07, 6.45) is 5.78. The maximum atomic E-state index is 9.97. The van der Waals surface area contributed by atoms with E-state index in [9.17, 15) is 5.11 Å². The van der Waals surface area contributed by atoms with Crippen LogP contribution in [0.4, 0.5) is 0 Å². The van der Waals surface area contributed by atoms with Gasteiger partial charge in [-0.3, -0.25) is 0 Å². The second-order valence-electron chi connectivity index (χ2n) is 8.00. The molecule has 0 aromatic heterocycles. The van der Waals surface area contributed by atoms with E-state index in [0.29, 0.717) is 11.5 Å². The molecule has 1 aliphatic carbocycles. The number of rotatable bonds is 3. The van der Waals surface area contributed by atoms with Gasteiger partial charge in [0.25, 0.3) is 0 Å². The summed E-state index contributed by atoms with van der Waals surface area (Å²) in [4.78, 5) is 0. The zero-order chi connectivity index (χ0) is 21.5. The van der Waals surface area contributed by atoms with E-state index in [1.165, 1.54) is 47.1 Å². The smallest absolute Gasteiger partial charge is 0.123 e. The number of phenolic OH excluding ortho intramolecular Hbond substituents is 2. The number of hydrogen-bond acceptors (Lipinski definition) is 2. The molecule has 0 saturated heterocycles. The highest BCUT2D eigenvalue weighted by atomic mass is 16.3. The van der Waals surface area contributed by atoms with Crippen molar-refractivity contribution in [3.05, 3.63) is 119 Å². The van der Waals surface area contributed by atoms with Gasteiger partial charge in [0.1, 0.15) is 11.5 Å². The highest BCUT2D eigenvalue weighted by Gasteiger charge is 2.15. The minimum atomic E-state index is 0.321. The lowest BCUT2D eigenvalue weighted by Crippen LogP contribution is -2.04. The molecule has 0 heterocycles. The fraction of sp³-hybridized carbons (Fsp3) is 0.172. The molecule has 4 aromatic rings. The van der Waals surface area contributed by atoms with Gasteiger partial charge in [-0.25, -0.2) is 0 Å². The standard InChI is InChI=1S/C16H16O.C13H12O/c17-16-11-4-3-9-15(16)14-10-5-7-12-6-1-2-8-13(12)14;14-13-8-6-12(7-9-13)10-11-4-2-1-3-5-11/h3-5,7,9-11,17H,1-2,6,8H2;1-9,14H,10H2. The minimum absolute atomic E-state index is 0.321. The topological polar surface area (TPSA) is 40.5 Å². The van der Waals surface area contributed by atoms with E-state index in [-0.39, 0.29) is 0 Å². The molecule has 2 heteroatoms. The Balaban J connectivity index is 0.000000152. The van der Waals surface area contributed by atoms with Gasteiger partial charge in [-0.1, -0.05) is 78.9 Å². The van der Waals surface area contributed by atoms with Crippen LogP contribution in [0.1, 0.15) is 35.1 Å². The van der Waals surface area contributed by atoms with Crippen molar-refractivity contribution in [2.24, 2.45) is 0 Å².